The third kappa shape index (κ3) is 3.34. The Bertz CT molecular complexity index is 1080. The molecule has 1 fully saturated rings. The Labute approximate surface area is 167 Å². The van der Waals surface area contributed by atoms with Crippen molar-refractivity contribution in [3.8, 4) is 11.8 Å². The number of aliphatic hydroxyl groups is 3. The van der Waals surface area contributed by atoms with Crippen LogP contribution in [0.5, 0.6) is 0 Å². The van der Waals surface area contributed by atoms with Crippen LogP contribution in [0.15, 0.2) is 42.9 Å². The number of aliphatic hydroxyl groups excluding tert-OH is 2. The summed E-state index contributed by atoms with van der Waals surface area (Å²) < 4.78 is 7.51. The Hall–Kier alpha value is -2.96. The fourth-order valence-electron chi connectivity index (χ4n) is 3.64. The molecule has 4 atom stereocenters. The average molecular weight is 394 g/mol. The largest absolute Gasteiger partial charge is 0.396 e. The Balaban J connectivity index is 1.83. The second kappa shape index (κ2) is 7.46. The predicted molar refractivity (Wildman–Crippen MR) is 107 cm³/mol. The first-order chi connectivity index (χ1) is 13.9. The highest BCUT2D eigenvalue weighted by Gasteiger charge is 2.53. The van der Waals surface area contributed by atoms with Crippen molar-refractivity contribution in [3.63, 3.8) is 0 Å². The second-order valence-corrected chi connectivity index (χ2v) is 7.23. The van der Waals surface area contributed by atoms with Gasteiger partial charge in [0.2, 0.25) is 0 Å². The summed E-state index contributed by atoms with van der Waals surface area (Å²) in [5.41, 5.74) is 6.35. The molecular formula is C21H22N4O4. The molecule has 2 aromatic heterocycles. The second-order valence-electron chi connectivity index (χ2n) is 7.23. The number of rotatable bonds is 3. The standard InChI is InChI=1S/C21H22N4O4/c1-21(28)17(27)15(9-10-26)29-20(21)25-11-14(8-7-13-5-3-2-4-6-13)16-18(22)23-12-24-19(16)25/h2-6,11-12,15,17,20,26-28H,9-10H2,1H3,(H2,22,23,24)/t15?,17?,20?,21-/m1/s1. The van der Waals surface area contributed by atoms with E-state index in [1.165, 1.54) is 13.3 Å². The molecule has 1 saturated heterocycles. The van der Waals surface area contributed by atoms with Crippen LogP contribution in [-0.4, -0.2) is 54.3 Å². The van der Waals surface area contributed by atoms with Gasteiger partial charge in [-0.15, -0.1) is 0 Å². The van der Waals surface area contributed by atoms with Gasteiger partial charge in [0.15, 0.2) is 6.23 Å². The summed E-state index contributed by atoms with van der Waals surface area (Å²) in [5, 5.41) is 31.2. The minimum absolute atomic E-state index is 0.167. The van der Waals surface area contributed by atoms with Gasteiger partial charge in [0.05, 0.1) is 17.1 Å². The molecule has 1 aromatic carbocycles. The van der Waals surface area contributed by atoms with Gasteiger partial charge in [-0.1, -0.05) is 30.0 Å². The van der Waals surface area contributed by atoms with Crippen LogP contribution >= 0.6 is 0 Å². The monoisotopic (exact) mass is 394 g/mol. The van der Waals surface area contributed by atoms with Crippen LogP contribution in [0.4, 0.5) is 5.82 Å². The molecule has 3 heterocycles. The van der Waals surface area contributed by atoms with Gasteiger partial charge in [-0.3, -0.25) is 0 Å². The maximum atomic E-state index is 10.9. The maximum Gasteiger partial charge on any atom is 0.166 e. The van der Waals surface area contributed by atoms with Gasteiger partial charge in [-0.05, 0) is 25.5 Å². The molecule has 1 aliphatic heterocycles. The van der Waals surface area contributed by atoms with E-state index in [-0.39, 0.29) is 18.8 Å². The first-order valence-electron chi connectivity index (χ1n) is 9.28. The zero-order valence-corrected chi connectivity index (χ0v) is 15.9. The summed E-state index contributed by atoms with van der Waals surface area (Å²) in [7, 11) is 0. The molecule has 150 valence electrons. The van der Waals surface area contributed by atoms with Crippen LogP contribution in [0.3, 0.4) is 0 Å². The lowest BCUT2D eigenvalue weighted by atomic mass is 9.95. The number of ether oxygens (including phenoxy) is 1. The maximum absolute atomic E-state index is 10.9. The zero-order chi connectivity index (χ0) is 20.6. The van der Waals surface area contributed by atoms with Gasteiger partial charge in [-0.2, -0.15) is 0 Å². The van der Waals surface area contributed by atoms with E-state index in [2.05, 4.69) is 21.8 Å². The Morgan fingerprint density at radius 3 is 2.72 bits per heavy atom. The van der Waals surface area contributed by atoms with Crippen molar-refractivity contribution in [2.45, 2.75) is 37.4 Å². The van der Waals surface area contributed by atoms with Crippen molar-refractivity contribution >= 4 is 16.9 Å². The van der Waals surface area contributed by atoms with Gasteiger partial charge in [0.25, 0.3) is 0 Å². The number of nitrogens with zero attached hydrogens (tertiary/aromatic N) is 3. The van der Waals surface area contributed by atoms with E-state index >= 15 is 0 Å². The number of nitrogen functional groups attached to an aromatic ring is 1. The van der Waals surface area contributed by atoms with Crippen molar-refractivity contribution in [3.05, 3.63) is 54.0 Å². The van der Waals surface area contributed by atoms with Crippen LogP contribution in [0.25, 0.3) is 11.0 Å². The molecular weight excluding hydrogens is 372 g/mol. The molecule has 3 unspecified atom stereocenters. The Kier molecular flexibility index (Phi) is 4.98. The Morgan fingerprint density at radius 1 is 1.24 bits per heavy atom. The van der Waals surface area contributed by atoms with Gasteiger partial charge >= 0.3 is 0 Å². The summed E-state index contributed by atoms with van der Waals surface area (Å²) >= 11 is 0. The van der Waals surface area contributed by atoms with Crippen molar-refractivity contribution in [1.29, 1.82) is 0 Å². The predicted octanol–water partition coefficient (Wildman–Crippen LogP) is 0.805. The van der Waals surface area contributed by atoms with Crippen LogP contribution in [0.2, 0.25) is 0 Å². The van der Waals surface area contributed by atoms with E-state index in [4.69, 9.17) is 10.5 Å². The molecule has 1 aliphatic rings. The molecule has 8 nitrogen and oxygen atoms in total. The van der Waals surface area contributed by atoms with Crippen LogP contribution in [-0.2, 0) is 4.74 Å². The highest BCUT2D eigenvalue weighted by atomic mass is 16.6. The third-order valence-corrected chi connectivity index (χ3v) is 5.17. The first-order valence-corrected chi connectivity index (χ1v) is 9.28. The van der Waals surface area contributed by atoms with E-state index in [1.807, 2.05) is 30.3 Å². The lowest BCUT2D eigenvalue weighted by molar-refractivity contribution is -0.0941. The number of aromatic nitrogens is 3. The van der Waals surface area contributed by atoms with Gasteiger partial charge in [0.1, 0.15) is 29.5 Å². The molecule has 0 amide bonds. The molecule has 0 radical (unpaired) electrons. The average Bonchev–Trinajstić information content (AvgIpc) is 3.18. The molecule has 3 aromatic rings. The Morgan fingerprint density at radius 2 is 2.00 bits per heavy atom. The van der Waals surface area contributed by atoms with Crippen molar-refractivity contribution < 1.29 is 20.1 Å². The van der Waals surface area contributed by atoms with Crippen LogP contribution in [0, 0.1) is 11.8 Å². The SMILES string of the molecule is C[C@@]1(O)C(O)C(CCO)OC1n1cc(C#Cc2ccccc2)c2c(N)ncnc21. The van der Waals surface area contributed by atoms with Crippen LogP contribution in [0.1, 0.15) is 30.7 Å². The number of hydrogen-bond donors (Lipinski definition) is 4. The number of hydrogen-bond acceptors (Lipinski definition) is 7. The smallest absolute Gasteiger partial charge is 0.166 e. The van der Waals surface area contributed by atoms with Crippen LogP contribution < -0.4 is 5.73 Å². The van der Waals surface area contributed by atoms with Crippen molar-refractivity contribution in [2.75, 3.05) is 12.3 Å². The fraction of sp³-hybridized carbons (Fsp3) is 0.333. The van der Waals surface area contributed by atoms with Gasteiger partial charge in [0, 0.05) is 18.4 Å². The van der Waals surface area contributed by atoms with Crippen molar-refractivity contribution in [1.82, 2.24) is 14.5 Å². The number of anilines is 1. The van der Waals surface area contributed by atoms with Gasteiger partial charge < -0.3 is 30.4 Å². The molecule has 0 aliphatic carbocycles. The fourth-order valence-corrected chi connectivity index (χ4v) is 3.64. The minimum atomic E-state index is -1.60. The molecule has 0 spiro atoms. The van der Waals surface area contributed by atoms with E-state index in [1.54, 1.807) is 10.8 Å². The lowest BCUT2D eigenvalue weighted by Crippen LogP contribution is -2.43. The molecule has 0 saturated carbocycles. The number of benzene rings is 1. The molecule has 8 heteroatoms. The summed E-state index contributed by atoms with van der Waals surface area (Å²) in [5.74, 6) is 6.44. The van der Waals surface area contributed by atoms with E-state index in [0.29, 0.717) is 16.6 Å². The van der Waals surface area contributed by atoms with Gasteiger partial charge in [-0.25, -0.2) is 9.97 Å². The zero-order valence-electron chi connectivity index (χ0n) is 15.9. The summed E-state index contributed by atoms with van der Waals surface area (Å²) in [6, 6.07) is 9.50. The van der Waals surface area contributed by atoms with E-state index in [0.717, 1.165) is 5.56 Å². The topological polar surface area (TPSA) is 127 Å². The molecule has 0 bridgehead atoms. The van der Waals surface area contributed by atoms with E-state index in [9.17, 15) is 15.3 Å². The van der Waals surface area contributed by atoms with E-state index < -0.39 is 24.0 Å². The minimum Gasteiger partial charge on any atom is -0.396 e. The third-order valence-electron chi connectivity index (χ3n) is 5.17. The highest BCUT2D eigenvalue weighted by Crippen LogP contribution is 2.41. The number of nitrogens with two attached hydrogens (primary N) is 1. The normalized spacial score (nSPS) is 26.4. The lowest BCUT2D eigenvalue weighted by Gasteiger charge is -2.27. The summed E-state index contributed by atoms with van der Waals surface area (Å²) in [4.78, 5) is 8.36. The quantitative estimate of drug-likeness (QED) is 0.484. The van der Waals surface area contributed by atoms with Crippen molar-refractivity contribution in [2.24, 2.45) is 0 Å². The molecule has 4 rings (SSSR count). The summed E-state index contributed by atoms with van der Waals surface area (Å²) in [6.07, 6.45) is 0.404. The molecule has 5 N–H and O–H groups in total. The number of fused-ring (bicyclic) bond motifs is 1. The summed E-state index contributed by atoms with van der Waals surface area (Å²) in [6.45, 7) is 1.32. The first kappa shape index (κ1) is 19.4. The molecule has 29 heavy (non-hydrogen) atoms. The highest BCUT2D eigenvalue weighted by molar-refractivity contribution is 5.92.